The SMILES string of the molecule is CC(C)C1(C(=O)O)CCCc2ccccc21. The number of fused-ring (bicyclic) bond motifs is 1. The van der Waals surface area contributed by atoms with E-state index in [1.165, 1.54) is 5.56 Å². The maximum Gasteiger partial charge on any atom is 0.314 e. The molecule has 0 spiro atoms. The Morgan fingerprint density at radius 1 is 1.38 bits per heavy atom. The molecular weight excluding hydrogens is 200 g/mol. The Hall–Kier alpha value is -1.31. The Morgan fingerprint density at radius 2 is 2.06 bits per heavy atom. The van der Waals surface area contributed by atoms with Crippen molar-refractivity contribution in [3.05, 3.63) is 35.4 Å². The van der Waals surface area contributed by atoms with Crippen molar-refractivity contribution in [1.82, 2.24) is 0 Å². The first-order chi connectivity index (χ1) is 7.59. The number of benzene rings is 1. The lowest BCUT2D eigenvalue weighted by molar-refractivity contribution is -0.146. The molecule has 0 aliphatic heterocycles. The zero-order chi connectivity index (χ0) is 11.8. The van der Waals surface area contributed by atoms with Crippen LogP contribution in [-0.4, -0.2) is 11.1 Å². The van der Waals surface area contributed by atoms with Gasteiger partial charge in [0.15, 0.2) is 0 Å². The summed E-state index contributed by atoms with van der Waals surface area (Å²) in [4.78, 5) is 11.7. The molecule has 2 nitrogen and oxygen atoms in total. The lowest BCUT2D eigenvalue weighted by atomic mass is 9.64. The van der Waals surface area contributed by atoms with Crippen molar-refractivity contribution in [2.24, 2.45) is 5.92 Å². The number of carboxylic acid groups (broad SMARTS) is 1. The molecule has 0 heterocycles. The van der Waals surface area contributed by atoms with Crippen LogP contribution < -0.4 is 0 Å². The van der Waals surface area contributed by atoms with E-state index < -0.39 is 11.4 Å². The molecule has 1 atom stereocenters. The van der Waals surface area contributed by atoms with Crippen LogP contribution in [0.4, 0.5) is 0 Å². The van der Waals surface area contributed by atoms with Gasteiger partial charge in [-0.05, 0) is 36.3 Å². The Kier molecular flexibility index (Phi) is 2.75. The molecule has 0 fully saturated rings. The van der Waals surface area contributed by atoms with E-state index in [1.54, 1.807) is 0 Å². The Labute approximate surface area is 96.3 Å². The van der Waals surface area contributed by atoms with E-state index in [0.29, 0.717) is 0 Å². The average molecular weight is 218 g/mol. The normalized spacial score (nSPS) is 24.2. The number of carboxylic acids is 1. The van der Waals surface area contributed by atoms with E-state index in [0.717, 1.165) is 24.8 Å². The van der Waals surface area contributed by atoms with Crippen molar-refractivity contribution in [2.45, 2.75) is 38.5 Å². The largest absolute Gasteiger partial charge is 0.481 e. The summed E-state index contributed by atoms with van der Waals surface area (Å²) < 4.78 is 0. The molecule has 1 aromatic rings. The summed E-state index contributed by atoms with van der Waals surface area (Å²) in [6.45, 7) is 4.02. The van der Waals surface area contributed by atoms with Crippen LogP contribution in [0.25, 0.3) is 0 Å². The maximum atomic E-state index is 11.7. The molecule has 0 aromatic heterocycles. The predicted molar refractivity (Wildman–Crippen MR) is 63.5 cm³/mol. The van der Waals surface area contributed by atoms with Crippen molar-refractivity contribution in [2.75, 3.05) is 0 Å². The molecule has 0 radical (unpaired) electrons. The minimum Gasteiger partial charge on any atom is -0.481 e. The highest BCUT2D eigenvalue weighted by Gasteiger charge is 2.45. The van der Waals surface area contributed by atoms with Crippen molar-refractivity contribution < 1.29 is 9.90 Å². The zero-order valence-electron chi connectivity index (χ0n) is 9.86. The highest BCUT2D eigenvalue weighted by Crippen LogP contribution is 2.42. The van der Waals surface area contributed by atoms with Crippen LogP contribution in [0.15, 0.2) is 24.3 Å². The highest BCUT2D eigenvalue weighted by molar-refractivity contribution is 5.82. The van der Waals surface area contributed by atoms with Gasteiger partial charge in [0.1, 0.15) is 0 Å². The molecule has 0 amide bonds. The van der Waals surface area contributed by atoms with Gasteiger partial charge in [-0.15, -0.1) is 0 Å². The first kappa shape index (κ1) is 11.2. The molecule has 0 bridgehead atoms. The van der Waals surface area contributed by atoms with E-state index in [2.05, 4.69) is 6.07 Å². The van der Waals surface area contributed by atoms with Gasteiger partial charge >= 0.3 is 5.97 Å². The fourth-order valence-electron chi connectivity index (χ4n) is 2.93. The van der Waals surface area contributed by atoms with Gasteiger partial charge in [-0.2, -0.15) is 0 Å². The second-order valence-corrected chi connectivity index (χ2v) is 4.94. The van der Waals surface area contributed by atoms with Crippen molar-refractivity contribution in [3.8, 4) is 0 Å². The third-order valence-corrected chi connectivity index (χ3v) is 3.88. The fraction of sp³-hybridized carbons (Fsp3) is 0.500. The molecule has 16 heavy (non-hydrogen) atoms. The van der Waals surface area contributed by atoms with Gasteiger partial charge in [0.25, 0.3) is 0 Å². The average Bonchev–Trinajstić information content (AvgIpc) is 2.27. The van der Waals surface area contributed by atoms with E-state index in [9.17, 15) is 9.90 Å². The number of hydrogen-bond acceptors (Lipinski definition) is 1. The van der Waals surface area contributed by atoms with Crippen LogP contribution in [0, 0.1) is 5.92 Å². The molecule has 2 rings (SSSR count). The number of rotatable bonds is 2. The van der Waals surface area contributed by atoms with Gasteiger partial charge in [0, 0.05) is 0 Å². The van der Waals surface area contributed by atoms with Crippen molar-refractivity contribution >= 4 is 5.97 Å². The molecular formula is C14H18O2. The summed E-state index contributed by atoms with van der Waals surface area (Å²) in [5, 5.41) is 9.61. The monoisotopic (exact) mass is 218 g/mol. The lowest BCUT2D eigenvalue weighted by Gasteiger charge is -2.38. The maximum absolute atomic E-state index is 11.7. The number of aryl methyl sites for hydroxylation is 1. The summed E-state index contributed by atoms with van der Waals surface area (Å²) in [6, 6.07) is 8.00. The number of aliphatic carboxylic acids is 1. The molecule has 1 N–H and O–H groups in total. The van der Waals surface area contributed by atoms with Crippen LogP contribution >= 0.6 is 0 Å². The van der Waals surface area contributed by atoms with Gasteiger partial charge in [0.05, 0.1) is 5.41 Å². The number of hydrogen-bond donors (Lipinski definition) is 1. The molecule has 1 aliphatic rings. The van der Waals surface area contributed by atoms with Crippen LogP contribution in [0.3, 0.4) is 0 Å². The van der Waals surface area contributed by atoms with Crippen LogP contribution in [0.2, 0.25) is 0 Å². The van der Waals surface area contributed by atoms with Crippen LogP contribution in [0.5, 0.6) is 0 Å². The van der Waals surface area contributed by atoms with Crippen LogP contribution in [-0.2, 0) is 16.6 Å². The minimum atomic E-state index is -0.672. The van der Waals surface area contributed by atoms with Gasteiger partial charge in [-0.1, -0.05) is 38.1 Å². The topological polar surface area (TPSA) is 37.3 Å². The first-order valence-electron chi connectivity index (χ1n) is 5.91. The third-order valence-electron chi connectivity index (χ3n) is 3.88. The quantitative estimate of drug-likeness (QED) is 0.828. The smallest absolute Gasteiger partial charge is 0.314 e. The predicted octanol–water partition coefficient (Wildman–Crippen LogP) is 3.00. The fourth-order valence-corrected chi connectivity index (χ4v) is 2.93. The van der Waals surface area contributed by atoms with E-state index in [1.807, 2.05) is 32.0 Å². The highest BCUT2D eigenvalue weighted by atomic mass is 16.4. The first-order valence-corrected chi connectivity index (χ1v) is 5.91. The van der Waals surface area contributed by atoms with E-state index in [-0.39, 0.29) is 5.92 Å². The summed E-state index contributed by atoms with van der Waals surface area (Å²) in [5.74, 6) is -0.541. The van der Waals surface area contributed by atoms with Crippen LogP contribution in [0.1, 0.15) is 37.8 Å². The Balaban J connectivity index is 2.61. The van der Waals surface area contributed by atoms with Gasteiger partial charge in [-0.25, -0.2) is 0 Å². The second kappa shape index (κ2) is 3.93. The minimum absolute atomic E-state index is 0.131. The van der Waals surface area contributed by atoms with Crippen molar-refractivity contribution in [1.29, 1.82) is 0 Å². The van der Waals surface area contributed by atoms with Crippen molar-refractivity contribution in [3.63, 3.8) is 0 Å². The second-order valence-electron chi connectivity index (χ2n) is 4.94. The summed E-state index contributed by atoms with van der Waals surface area (Å²) >= 11 is 0. The molecule has 0 saturated carbocycles. The van der Waals surface area contributed by atoms with Gasteiger partial charge in [-0.3, -0.25) is 4.79 Å². The molecule has 1 aliphatic carbocycles. The molecule has 0 saturated heterocycles. The van der Waals surface area contributed by atoms with Gasteiger partial charge in [0.2, 0.25) is 0 Å². The Bertz CT molecular complexity index is 409. The summed E-state index contributed by atoms with van der Waals surface area (Å²) in [6.07, 6.45) is 2.75. The Morgan fingerprint density at radius 3 is 2.69 bits per heavy atom. The summed E-state index contributed by atoms with van der Waals surface area (Å²) in [5.41, 5.74) is 1.57. The third kappa shape index (κ3) is 1.44. The van der Waals surface area contributed by atoms with Gasteiger partial charge < -0.3 is 5.11 Å². The molecule has 1 aromatic carbocycles. The molecule has 1 unspecified atom stereocenters. The molecule has 2 heteroatoms. The van der Waals surface area contributed by atoms with E-state index in [4.69, 9.17) is 0 Å². The number of carbonyl (C=O) groups is 1. The lowest BCUT2D eigenvalue weighted by Crippen LogP contribution is -2.43. The standard InChI is InChI=1S/C14H18O2/c1-10(2)14(13(15)16)9-5-7-11-6-3-4-8-12(11)14/h3-4,6,8,10H,5,7,9H2,1-2H3,(H,15,16). The van der Waals surface area contributed by atoms with E-state index >= 15 is 0 Å². The zero-order valence-corrected chi connectivity index (χ0v) is 9.86. The summed E-state index contributed by atoms with van der Waals surface area (Å²) in [7, 11) is 0. The molecule has 86 valence electrons.